The minimum atomic E-state index is -1.30. The zero-order valence-corrected chi connectivity index (χ0v) is 7.01. The van der Waals surface area contributed by atoms with E-state index >= 15 is 0 Å². The van der Waals surface area contributed by atoms with Crippen molar-refractivity contribution in [3.05, 3.63) is 41.1 Å². The van der Waals surface area contributed by atoms with Crippen LogP contribution in [0, 0.1) is 5.21 Å². The van der Waals surface area contributed by atoms with Gasteiger partial charge in [0.1, 0.15) is 6.61 Å². The first-order valence-corrected chi connectivity index (χ1v) is 3.86. The summed E-state index contributed by atoms with van der Waals surface area (Å²) in [5.74, 6) is 0. The van der Waals surface area contributed by atoms with Crippen molar-refractivity contribution in [1.82, 2.24) is 0 Å². The molecule has 72 valence electrons. The fourth-order valence-electron chi connectivity index (χ4n) is 0.958. The van der Waals surface area contributed by atoms with E-state index in [0.29, 0.717) is 0 Å². The molecule has 0 radical (unpaired) electrons. The maximum Gasteiger partial charge on any atom is 0.130 e. The molecule has 2 atom stereocenters. The average Bonchev–Trinajstić information content (AvgIpc) is 2.15. The third kappa shape index (κ3) is 3.49. The number of benzene rings is 1. The summed E-state index contributed by atoms with van der Waals surface area (Å²) in [5, 5.41) is 17.0. The molecule has 4 N–H and O–H groups in total. The first-order chi connectivity index (χ1) is 6.20. The average molecular weight is 184 g/mol. The van der Waals surface area contributed by atoms with E-state index in [9.17, 15) is 5.21 Å². The second-order valence-corrected chi connectivity index (χ2v) is 2.59. The molecule has 0 bridgehead atoms. The zero-order valence-electron chi connectivity index (χ0n) is 7.01. The molecule has 0 aliphatic carbocycles. The third-order valence-corrected chi connectivity index (χ3v) is 1.61. The van der Waals surface area contributed by atoms with Crippen LogP contribution in [0.4, 0.5) is 0 Å². The summed E-state index contributed by atoms with van der Waals surface area (Å²) in [6.45, 7) is -0.0145. The standard InChI is InChI=1S/C8H12N2O3/c9-8(6-13-10(11)12)7-4-2-1-3-5-7/h1-5,8,10-11H,6,9H2/t8-/m0/s1. The van der Waals surface area contributed by atoms with Crippen LogP contribution >= 0.6 is 0 Å². The lowest BCUT2D eigenvalue weighted by Crippen LogP contribution is -3.03. The Labute approximate surface area is 75.8 Å². The van der Waals surface area contributed by atoms with Crippen LogP contribution in [0.15, 0.2) is 30.3 Å². The smallest absolute Gasteiger partial charge is 0.130 e. The monoisotopic (exact) mass is 184 g/mol. The molecule has 0 amide bonds. The second kappa shape index (κ2) is 4.90. The van der Waals surface area contributed by atoms with Crippen molar-refractivity contribution >= 4 is 0 Å². The number of nitrogens with two attached hydrogens (primary N) is 1. The molecule has 0 aliphatic rings. The molecule has 0 fully saturated rings. The molecule has 0 saturated heterocycles. The fraction of sp³-hybridized carbons (Fsp3) is 0.250. The summed E-state index contributed by atoms with van der Waals surface area (Å²) in [6, 6.07) is 8.82. The topological polar surface area (TPSA) is 83.0 Å². The molecule has 1 aromatic rings. The summed E-state index contributed by atoms with van der Waals surface area (Å²) in [4.78, 5) is 4.35. The molecule has 0 spiro atoms. The van der Waals surface area contributed by atoms with Crippen LogP contribution in [0.2, 0.25) is 0 Å². The lowest BCUT2D eigenvalue weighted by atomic mass is 10.1. The molecular weight excluding hydrogens is 172 g/mol. The van der Waals surface area contributed by atoms with Gasteiger partial charge in [0, 0.05) is 0 Å². The van der Waals surface area contributed by atoms with E-state index in [1.807, 2.05) is 30.3 Å². The highest BCUT2D eigenvalue weighted by atomic mass is 17.1. The Morgan fingerprint density at radius 2 is 2.08 bits per heavy atom. The van der Waals surface area contributed by atoms with Crippen LogP contribution in [0.5, 0.6) is 0 Å². The van der Waals surface area contributed by atoms with E-state index in [0.717, 1.165) is 5.56 Å². The van der Waals surface area contributed by atoms with Gasteiger partial charge in [-0.1, -0.05) is 35.7 Å². The normalized spacial score (nSPS) is 15.3. The van der Waals surface area contributed by atoms with Gasteiger partial charge in [0.05, 0.1) is 6.04 Å². The lowest BCUT2D eigenvalue weighted by molar-refractivity contribution is -1.21. The highest BCUT2D eigenvalue weighted by Gasteiger charge is 2.06. The number of quaternary nitrogens is 1. The predicted molar refractivity (Wildman–Crippen MR) is 45.4 cm³/mol. The van der Waals surface area contributed by atoms with E-state index in [2.05, 4.69) is 4.84 Å². The first-order valence-electron chi connectivity index (χ1n) is 3.86. The molecular formula is C8H12N2O3. The minimum Gasteiger partial charge on any atom is -0.566 e. The zero-order chi connectivity index (χ0) is 9.68. The summed E-state index contributed by atoms with van der Waals surface area (Å²) < 4.78 is 0. The molecule has 1 aromatic carbocycles. The predicted octanol–water partition coefficient (Wildman–Crippen LogP) is -0.610. The van der Waals surface area contributed by atoms with Crippen molar-refractivity contribution in [2.45, 2.75) is 6.04 Å². The number of rotatable bonds is 4. The van der Waals surface area contributed by atoms with Gasteiger partial charge in [0.25, 0.3) is 0 Å². The van der Waals surface area contributed by atoms with E-state index in [1.165, 1.54) is 0 Å². The van der Waals surface area contributed by atoms with E-state index in [4.69, 9.17) is 10.9 Å². The van der Waals surface area contributed by atoms with Crippen molar-refractivity contribution in [1.29, 1.82) is 0 Å². The Balaban J connectivity index is 2.44. The summed E-state index contributed by atoms with van der Waals surface area (Å²) in [5.41, 5.74) is 6.52. The van der Waals surface area contributed by atoms with Gasteiger partial charge in [-0.3, -0.25) is 0 Å². The first kappa shape index (κ1) is 10.1. The van der Waals surface area contributed by atoms with Crippen LogP contribution in [-0.4, -0.2) is 11.8 Å². The SMILES string of the molecule is N[C@@H](CO[NH+]([O-])O)c1ccccc1. The molecule has 13 heavy (non-hydrogen) atoms. The van der Waals surface area contributed by atoms with Crippen LogP contribution in [0.1, 0.15) is 11.6 Å². The molecule has 0 aliphatic heterocycles. The van der Waals surface area contributed by atoms with Crippen molar-refractivity contribution in [2.24, 2.45) is 5.73 Å². The Morgan fingerprint density at radius 3 is 2.62 bits per heavy atom. The van der Waals surface area contributed by atoms with Crippen LogP contribution < -0.4 is 11.1 Å². The molecule has 0 saturated carbocycles. The maximum atomic E-state index is 10.1. The molecule has 5 nitrogen and oxygen atoms in total. The number of nitrogens with one attached hydrogen (secondary N) is 1. The molecule has 1 unspecified atom stereocenters. The Kier molecular flexibility index (Phi) is 3.81. The van der Waals surface area contributed by atoms with Crippen molar-refractivity contribution in [3.63, 3.8) is 0 Å². The number of hydrogen-bond acceptors (Lipinski definition) is 4. The molecule has 0 aromatic heterocycles. The van der Waals surface area contributed by atoms with E-state index in [-0.39, 0.29) is 6.61 Å². The summed E-state index contributed by atoms with van der Waals surface area (Å²) in [7, 11) is 0. The fourth-order valence-corrected chi connectivity index (χ4v) is 0.958. The van der Waals surface area contributed by atoms with Gasteiger partial charge >= 0.3 is 0 Å². The highest BCUT2D eigenvalue weighted by Crippen LogP contribution is 2.08. The van der Waals surface area contributed by atoms with Gasteiger partial charge in [-0.2, -0.15) is 10.0 Å². The largest absolute Gasteiger partial charge is 0.566 e. The van der Waals surface area contributed by atoms with Gasteiger partial charge < -0.3 is 10.9 Å². The van der Waals surface area contributed by atoms with Gasteiger partial charge in [0.2, 0.25) is 0 Å². The van der Waals surface area contributed by atoms with E-state index < -0.39 is 11.4 Å². The Hall–Kier alpha value is -0.980. The molecule has 1 rings (SSSR count). The van der Waals surface area contributed by atoms with Crippen LogP contribution in [0.3, 0.4) is 0 Å². The summed E-state index contributed by atoms with van der Waals surface area (Å²) >= 11 is 0. The highest BCUT2D eigenvalue weighted by molar-refractivity contribution is 5.18. The lowest BCUT2D eigenvalue weighted by Gasteiger charge is -2.14. The van der Waals surface area contributed by atoms with Crippen molar-refractivity contribution in [2.75, 3.05) is 6.61 Å². The second-order valence-electron chi connectivity index (χ2n) is 2.59. The quantitative estimate of drug-likeness (QED) is 0.545. The molecule has 5 heteroatoms. The van der Waals surface area contributed by atoms with Crippen LogP contribution in [-0.2, 0) is 4.84 Å². The van der Waals surface area contributed by atoms with Crippen molar-refractivity contribution in [3.8, 4) is 0 Å². The number of hydrogen-bond donors (Lipinski definition) is 3. The minimum absolute atomic E-state index is 0.0145. The molecule has 0 heterocycles. The third-order valence-electron chi connectivity index (χ3n) is 1.61. The van der Waals surface area contributed by atoms with Crippen LogP contribution in [0.25, 0.3) is 0 Å². The van der Waals surface area contributed by atoms with Crippen molar-refractivity contribution < 1.29 is 15.4 Å². The van der Waals surface area contributed by atoms with E-state index in [1.54, 1.807) is 0 Å². The van der Waals surface area contributed by atoms with Gasteiger partial charge in [-0.15, -0.1) is 0 Å². The van der Waals surface area contributed by atoms with Gasteiger partial charge in [-0.05, 0) is 5.56 Å². The van der Waals surface area contributed by atoms with Gasteiger partial charge in [0.15, 0.2) is 0 Å². The Bertz CT molecular complexity index is 240. The maximum absolute atomic E-state index is 10.1. The Morgan fingerprint density at radius 1 is 1.46 bits per heavy atom. The van der Waals surface area contributed by atoms with Gasteiger partial charge in [-0.25, -0.2) is 0 Å². The summed E-state index contributed by atoms with van der Waals surface area (Å²) in [6.07, 6.45) is 0.